The van der Waals surface area contributed by atoms with Gasteiger partial charge in [0.25, 0.3) is 5.91 Å². The van der Waals surface area contributed by atoms with Gasteiger partial charge in [-0.15, -0.1) is 0 Å². The van der Waals surface area contributed by atoms with Crippen LogP contribution in [0.1, 0.15) is 43.2 Å². The molecule has 1 aromatic carbocycles. The Balaban J connectivity index is 1.53. The lowest BCUT2D eigenvalue weighted by Crippen LogP contribution is -2.55. The lowest BCUT2D eigenvalue weighted by molar-refractivity contribution is 0.0122. The predicted octanol–water partition coefficient (Wildman–Crippen LogP) is 3.36. The standard InChI is InChI=1S/C24H31FN4O5S/c1-14-10-16(6-7-17(14)25)26-22(30)20-21-19(12-28(20)5)35(32)27-18-11-29(9-8-15(18)13-33-21)23(31)34-24(2,3)4/h6-7,10,12,15,18,27H,8-9,11,13H2,1-5H3,(H,26,30). The van der Waals surface area contributed by atoms with E-state index in [-0.39, 0.29) is 29.2 Å². The smallest absolute Gasteiger partial charge is 0.410 e. The summed E-state index contributed by atoms with van der Waals surface area (Å²) >= 11 is 0. The molecule has 3 unspecified atom stereocenters. The SMILES string of the molecule is Cc1cc(NC(=O)c2c3c(cn2C)S(=O)NC2CN(C(=O)OC(C)(C)C)CCC2CO3)ccc1F. The zero-order valence-corrected chi connectivity index (χ0v) is 21.3. The number of carbonyl (C=O) groups excluding carboxylic acids is 2. The van der Waals surface area contributed by atoms with E-state index < -0.39 is 28.6 Å². The van der Waals surface area contributed by atoms with Crippen LogP contribution in [-0.2, 0) is 22.8 Å². The van der Waals surface area contributed by atoms with Crippen molar-refractivity contribution in [2.75, 3.05) is 25.0 Å². The maximum Gasteiger partial charge on any atom is 0.410 e. The van der Waals surface area contributed by atoms with Crippen molar-refractivity contribution in [3.05, 3.63) is 41.5 Å². The molecule has 0 radical (unpaired) electrons. The molecule has 2 aromatic rings. The second kappa shape index (κ2) is 9.62. The largest absolute Gasteiger partial charge is 0.489 e. The normalized spacial score (nSPS) is 22.2. The van der Waals surface area contributed by atoms with Gasteiger partial charge in [-0.3, -0.25) is 4.79 Å². The van der Waals surface area contributed by atoms with E-state index in [0.29, 0.717) is 42.3 Å². The number of nitrogens with one attached hydrogen (secondary N) is 2. The van der Waals surface area contributed by atoms with Gasteiger partial charge >= 0.3 is 6.09 Å². The minimum Gasteiger partial charge on any atom is -0.489 e. The number of rotatable bonds is 2. The number of piperidine rings is 1. The number of likely N-dealkylation sites (tertiary alicyclic amines) is 1. The highest BCUT2D eigenvalue weighted by molar-refractivity contribution is 7.83. The molecule has 2 aliphatic rings. The summed E-state index contributed by atoms with van der Waals surface area (Å²) in [5.74, 6) is -0.568. The van der Waals surface area contributed by atoms with Crippen LogP contribution in [0, 0.1) is 18.7 Å². The maximum absolute atomic E-state index is 13.6. The van der Waals surface area contributed by atoms with E-state index in [1.165, 1.54) is 12.1 Å². The van der Waals surface area contributed by atoms with Crippen molar-refractivity contribution in [2.24, 2.45) is 13.0 Å². The Morgan fingerprint density at radius 2 is 2.06 bits per heavy atom. The van der Waals surface area contributed by atoms with Crippen molar-refractivity contribution in [2.45, 2.75) is 50.7 Å². The van der Waals surface area contributed by atoms with Gasteiger partial charge in [-0.2, -0.15) is 0 Å². The van der Waals surface area contributed by atoms with Gasteiger partial charge in [-0.1, -0.05) is 0 Å². The van der Waals surface area contributed by atoms with Crippen molar-refractivity contribution in [1.82, 2.24) is 14.2 Å². The van der Waals surface area contributed by atoms with Crippen LogP contribution in [-0.4, -0.2) is 57.0 Å². The first-order chi connectivity index (χ1) is 16.4. The van der Waals surface area contributed by atoms with Crippen LogP contribution >= 0.6 is 0 Å². The van der Waals surface area contributed by atoms with Gasteiger partial charge in [0.1, 0.15) is 27.3 Å². The van der Waals surface area contributed by atoms with E-state index in [9.17, 15) is 18.2 Å². The summed E-state index contributed by atoms with van der Waals surface area (Å²) in [4.78, 5) is 27.6. The molecule has 0 aliphatic carbocycles. The van der Waals surface area contributed by atoms with Crippen LogP contribution < -0.4 is 14.8 Å². The van der Waals surface area contributed by atoms with Crippen LogP contribution in [0.25, 0.3) is 0 Å². The van der Waals surface area contributed by atoms with E-state index in [0.717, 1.165) is 0 Å². The molecule has 0 bridgehead atoms. The number of hydrogen-bond acceptors (Lipinski definition) is 5. The van der Waals surface area contributed by atoms with E-state index >= 15 is 0 Å². The minimum atomic E-state index is -1.67. The Kier molecular flexibility index (Phi) is 6.92. The molecule has 3 atom stereocenters. The summed E-state index contributed by atoms with van der Waals surface area (Å²) in [6.45, 7) is 8.19. The molecule has 9 nitrogen and oxygen atoms in total. The Morgan fingerprint density at radius 3 is 2.74 bits per heavy atom. The molecule has 35 heavy (non-hydrogen) atoms. The molecule has 2 N–H and O–H groups in total. The van der Waals surface area contributed by atoms with Crippen LogP contribution in [0.5, 0.6) is 5.75 Å². The lowest BCUT2D eigenvalue weighted by Gasteiger charge is -2.39. The number of halogens is 1. The fourth-order valence-corrected chi connectivity index (χ4v) is 5.49. The van der Waals surface area contributed by atoms with Gasteiger partial charge < -0.3 is 24.3 Å². The monoisotopic (exact) mass is 506 g/mol. The topological polar surface area (TPSA) is 102 Å². The molecule has 2 amide bonds. The molecule has 1 fully saturated rings. The number of aromatic nitrogens is 1. The summed E-state index contributed by atoms with van der Waals surface area (Å²) < 4.78 is 43.1. The van der Waals surface area contributed by atoms with Crippen molar-refractivity contribution < 1.29 is 27.7 Å². The molecule has 1 saturated heterocycles. The first-order valence-corrected chi connectivity index (χ1v) is 12.6. The van der Waals surface area contributed by atoms with Gasteiger partial charge in [0.2, 0.25) is 0 Å². The summed E-state index contributed by atoms with van der Waals surface area (Å²) in [5.41, 5.74) is 0.483. The first-order valence-electron chi connectivity index (χ1n) is 11.5. The third kappa shape index (κ3) is 5.51. The number of anilines is 1. The third-order valence-corrected chi connectivity index (χ3v) is 7.25. The van der Waals surface area contributed by atoms with E-state index in [1.807, 2.05) is 20.8 Å². The van der Waals surface area contributed by atoms with E-state index in [2.05, 4.69) is 10.0 Å². The number of ether oxygens (including phenoxy) is 2. The van der Waals surface area contributed by atoms with Gasteiger partial charge in [0, 0.05) is 44.0 Å². The van der Waals surface area contributed by atoms with E-state index in [4.69, 9.17) is 9.47 Å². The fourth-order valence-electron chi connectivity index (χ4n) is 4.24. The summed E-state index contributed by atoms with van der Waals surface area (Å²) in [6.07, 6.45) is 1.83. The van der Waals surface area contributed by atoms with Crippen LogP contribution in [0.4, 0.5) is 14.9 Å². The first kappa shape index (κ1) is 25.2. The molecule has 190 valence electrons. The zero-order valence-electron chi connectivity index (χ0n) is 20.5. The molecule has 0 saturated carbocycles. The van der Waals surface area contributed by atoms with Crippen molar-refractivity contribution >= 4 is 28.7 Å². The highest BCUT2D eigenvalue weighted by Gasteiger charge is 2.38. The fraction of sp³-hybridized carbons (Fsp3) is 0.500. The molecule has 11 heteroatoms. The average molecular weight is 507 g/mol. The quantitative estimate of drug-likeness (QED) is 0.651. The maximum atomic E-state index is 13.6. The Labute approximate surface area is 206 Å². The van der Waals surface area contributed by atoms with Gasteiger partial charge in [0.15, 0.2) is 11.4 Å². The molecule has 4 rings (SSSR count). The second-order valence-electron chi connectivity index (χ2n) is 9.98. The van der Waals surface area contributed by atoms with Crippen LogP contribution in [0.3, 0.4) is 0 Å². The number of benzene rings is 1. The van der Waals surface area contributed by atoms with Gasteiger partial charge in [-0.05, 0) is 57.9 Å². The van der Waals surface area contributed by atoms with Crippen molar-refractivity contribution in [3.63, 3.8) is 0 Å². The van der Waals surface area contributed by atoms with Crippen LogP contribution in [0.2, 0.25) is 0 Å². The van der Waals surface area contributed by atoms with Gasteiger partial charge in [0.05, 0.1) is 6.61 Å². The molecular weight excluding hydrogens is 475 g/mol. The number of amides is 2. The molecular formula is C24H31FN4O5S. The predicted molar refractivity (Wildman–Crippen MR) is 129 cm³/mol. The Hall–Kier alpha value is -2.92. The highest BCUT2D eigenvalue weighted by atomic mass is 32.2. The summed E-state index contributed by atoms with van der Waals surface area (Å²) in [7, 11) is 0.00158. The molecule has 0 spiro atoms. The zero-order chi connectivity index (χ0) is 25.5. The van der Waals surface area contributed by atoms with Crippen molar-refractivity contribution in [3.8, 4) is 5.75 Å². The van der Waals surface area contributed by atoms with Crippen LogP contribution in [0.15, 0.2) is 29.3 Å². The molecule has 1 aromatic heterocycles. The highest BCUT2D eigenvalue weighted by Crippen LogP contribution is 2.33. The lowest BCUT2D eigenvalue weighted by atomic mass is 9.93. The number of nitrogens with zero attached hydrogens (tertiary/aromatic N) is 2. The molecule has 3 heterocycles. The van der Waals surface area contributed by atoms with Crippen molar-refractivity contribution in [1.29, 1.82) is 0 Å². The van der Waals surface area contributed by atoms with Gasteiger partial charge in [-0.25, -0.2) is 18.1 Å². The van der Waals surface area contributed by atoms with E-state index in [1.54, 1.807) is 35.7 Å². The Morgan fingerprint density at radius 1 is 1.31 bits per heavy atom. The summed E-state index contributed by atoms with van der Waals surface area (Å²) in [6, 6.07) is 4.06. The molecule has 2 aliphatic heterocycles. The number of hydrogen-bond donors (Lipinski definition) is 2. The Bertz CT molecular complexity index is 1180. The third-order valence-electron chi connectivity index (χ3n) is 6.04. The number of fused-ring (bicyclic) bond motifs is 2. The summed E-state index contributed by atoms with van der Waals surface area (Å²) in [5, 5.41) is 2.76. The minimum absolute atomic E-state index is 0.0124. The average Bonchev–Trinajstić information content (AvgIpc) is 3.09. The second-order valence-corrected chi connectivity index (χ2v) is 11.2. The number of aryl methyl sites for hydroxylation is 2. The number of carbonyl (C=O) groups is 2.